The van der Waals surface area contributed by atoms with Gasteiger partial charge < -0.3 is 25.4 Å². The first-order valence-corrected chi connectivity index (χ1v) is 7.58. The van der Waals surface area contributed by atoms with Gasteiger partial charge in [-0.2, -0.15) is 0 Å². The third-order valence-corrected chi connectivity index (χ3v) is 3.54. The maximum Gasteiger partial charge on any atom is 0.193 e. The highest BCUT2D eigenvalue weighted by Gasteiger charge is 2.05. The average Bonchev–Trinajstić information content (AvgIpc) is 2.60. The molecule has 6 heteroatoms. The van der Waals surface area contributed by atoms with E-state index < -0.39 is 0 Å². The SMILES string of the molecule is COc1ccc(NC(N)=NCc2ccc(N(C)C)cc2)cc1OC. The number of benzene rings is 2. The molecule has 0 radical (unpaired) electrons. The van der Waals surface area contributed by atoms with Crippen molar-refractivity contribution in [1.29, 1.82) is 0 Å². The summed E-state index contributed by atoms with van der Waals surface area (Å²) in [6, 6.07) is 13.7. The van der Waals surface area contributed by atoms with Crippen LogP contribution in [0.1, 0.15) is 5.56 Å². The maximum absolute atomic E-state index is 5.95. The van der Waals surface area contributed by atoms with Crippen molar-refractivity contribution in [2.45, 2.75) is 6.54 Å². The van der Waals surface area contributed by atoms with E-state index in [1.165, 1.54) is 0 Å². The number of methoxy groups -OCH3 is 2. The van der Waals surface area contributed by atoms with Crippen LogP contribution in [0, 0.1) is 0 Å². The van der Waals surface area contributed by atoms with Crippen LogP contribution in [0.15, 0.2) is 47.5 Å². The Kier molecular flexibility index (Phi) is 5.89. The number of rotatable bonds is 6. The van der Waals surface area contributed by atoms with Gasteiger partial charge in [0.25, 0.3) is 0 Å². The summed E-state index contributed by atoms with van der Waals surface area (Å²) in [5.41, 5.74) is 8.99. The molecule has 0 aliphatic rings. The monoisotopic (exact) mass is 328 g/mol. The van der Waals surface area contributed by atoms with Crippen LogP contribution in [0.25, 0.3) is 0 Å². The fourth-order valence-electron chi connectivity index (χ4n) is 2.18. The van der Waals surface area contributed by atoms with Crippen molar-refractivity contribution >= 4 is 17.3 Å². The molecule has 0 saturated heterocycles. The van der Waals surface area contributed by atoms with Crippen molar-refractivity contribution in [3.63, 3.8) is 0 Å². The Hall–Kier alpha value is -2.89. The van der Waals surface area contributed by atoms with E-state index in [1.807, 2.05) is 44.4 Å². The van der Waals surface area contributed by atoms with Crippen molar-refractivity contribution in [3.05, 3.63) is 48.0 Å². The maximum atomic E-state index is 5.95. The molecule has 0 saturated carbocycles. The molecular formula is C18H24N4O2. The molecule has 24 heavy (non-hydrogen) atoms. The van der Waals surface area contributed by atoms with Crippen molar-refractivity contribution in [2.75, 3.05) is 38.5 Å². The molecule has 0 atom stereocenters. The summed E-state index contributed by atoms with van der Waals surface area (Å²) in [6.45, 7) is 0.514. The van der Waals surface area contributed by atoms with Crippen LogP contribution in [0.3, 0.4) is 0 Å². The van der Waals surface area contributed by atoms with E-state index in [1.54, 1.807) is 14.2 Å². The van der Waals surface area contributed by atoms with Crippen molar-refractivity contribution in [1.82, 2.24) is 0 Å². The number of hydrogen-bond acceptors (Lipinski definition) is 4. The second kappa shape index (κ2) is 8.10. The molecule has 2 aromatic carbocycles. The molecule has 0 amide bonds. The van der Waals surface area contributed by atoms with Gasteiger partial charge in [0.2, 0.25) is 0 Å². The Labute approximate surface area is 142 Å². The van der Waals surface area contributed by atoms with E-state index in [0.717, 1.165) is 16.9 Å². The molecule has 0 fully saturated rings. The van der Waals surface area contributed by atoms with Gasteiger partial charge in [-0.3, -0.25) is 0 Å². The van der Waals surface area contributed by atoms with Gasteiger partial charge in [-0.1, -0.05) is 12.1 Å². The van der Waals surface area contributed by atoms with Crippen LogP contribution in [0.2, 0.25) is 0 Å². The van der Waals surface area contributed by atoms with Gasteiger partial charge in [0.1, 0.15) is 0 Å². The number of hydrogen-bond donors (Lipinski definition) is 2. The van der Waals surface area contributed by atoms with Gasteiger partial charge in [-0.25, -0.2) is 4.99 Å². The fourth-order valence-corrected chi connectivity index (χ4v) is 2.18. The van der Waals surface area contributed by atoms with Gasteiger partial charge in [-0.15, -0.1) is 0 Å². The van der Waals surface area contributed by atoms with E-state index in [9.17, 15) is 0 Å². The lowest BCUT2D eigenvalue weighted by atomic mass is 10.2. The number of nitrogens with one attached hydrogen (secondary N) is 1. The van der Waals surface area contributed by atoms with Gasteiger partial charge in [0.05, 0.1) is 20.8 Å². The summed E-state index contributed by atoms with van der Waals surface area (Å²) < 4.78 is 10.5. The van der Waals surface area contributed by atoms with E-state index >= 15 is 0 Å². The highest BCUT2D eigenvalue weighted by atomic mass is 16.5. The first kappa shape index (κ1) is 17.5. The van der Waals surface area contributed by atoms with E-state index in [0.29, 0.717) is 24.0 Å². The number of anilines is 2. The quantitative estimate of drug-likeness (QED) is 0.630. The highest BCUT2D eigenvalue weighted by Crippen LogP contribution is 2.29. The summed E-state index contributed by atoms with van der Waals surface area (Å²) in [6.07, 6.45) is 0. The Morgan fingerprint density at radius 1 is 1.04 bits per heavy atom. The molecular weight excluding hydrogens is 304 g/mol. The molecule has 2 aromatic rings. The van der Waals surface area contributed by atoms with Crippen LogP contribution in [-0.4, -0.2) is 34.3 Å². The van der Waals surface area contributed by atoms with Gasteiger partial charge in [-0.05, 0) is 29.8 Å². The average molecular weight is 328 g/mol. The van der Waals surface area contributed by atoms with Crippen LogP contribution in [0.5, 0.6) is 11.5 Å². The molecule has 0 aliphatic heterocycles. The summed E-state index contributed by atoms with van der Waals surface area (Å²) >= 11 is 0. The third-order valence-electron chi connectivity index (χ3n) is 3.54. The minimum absolute atomic E-state index is 0.346. The molecule has 6 nitrogen and oxygen atoms in total. The molecule has 3 N–H and O–H groups in total. The van der Waals surface area contributed by atoms with Crippen molar-refractivity contribution in [3.8, 4) is 11.5 Å². The standard InChI is InChI=1S/C18H24N4O2/c1-22(2)15-8-5-13(6-9-15)12-20-18(19)21-14-7-10-16(23-3)17(11-14)24-4/h5-11H,12H2,1-4H3,(H3,19,20,21). The zero-order valence-corrected chi connectivity index (χ0v) is 14.5. The number of nitrogens with zero attached hydrogens (tertiary/aromatic N) is 2. The summed E-state index contributed by atoms with van der Waals surface area (Å²) in [7, 11) is 7.22. The predicted octanol–water partition coefficient (Wildman–Crippen LogP) is 2.70. The fraction of sp³-hybridized carbons (Fsp3) is 0.278. The van der Waals surface area contributed by atoms with Crippen LogP contribution in [0.4, 0.5) is 11.4 Å². The molecule has 0 spiro atoms. The second-order valence-electron chi connectivity index (χ2n) is 5.46. The first-order valence-electron chi connectivity index (χ1n) is 7.58. The number of aliphatic imine (C=N–C) groups is 1. The van der Waals surface area contributed by atoms with Crippen molar-refractivity contribution < 1.29 is 9.47 Å². The molecule has 2 rings (SSSR count). The molecule has 128 valence electrons. The first-order chi connectivity index (χ1) is 11.5. The molecule has 0 bridgehead atoms. The minimum atomic E-state index is 0.346. The van der Waals surface area contributed by atoms with Crippen LogP contribution < -0.4 is 25.4 Å². The summed E-state index contributed by atoms with van der Waals surface area (Å²) in [5, 5.41) is 3.05. The van der Waals surface area contributed by atoms with Gasteiger partial charge >= 0.3 is 0 Å². The Morgan fingerprint density at radius 2 is 1.71 bits per heavy atom. The van der Waals surface area contributed by atoms with Crippen LogP contribution >= 0.6 is 0 Å². The highest BCUT2D eigenvalue weighted by molar-refractivity contribution is 5.92. The largest absolute Gasteiger partial charge is 0.493 e. The molecule has 0 aromatic heterocycles. The predicted molar refractivity (Wildman–Crippen MR) is 99.3 cm³/mol. The summed E-state index contributed by atoms with van der Waals surface area (Å²) in [4.78, 5) is 6.42. The second-order valence-corrected chi connectivity index (χ2v) is 5.46. The zero-order valence-electron chi connectivity index (χ0n) is 14.5. The minimum Gasteiger partial charge on any atom is -0.493 e. The number of ether oxygens (including phenoxy) is 2. The number of nitrogens with two attached hydrogens (primary N) is 1. The summed E-state index contributed by atoms with van der Waals surface area (Å²) in [5.74, 6) is 1.65. The lowest BCUT2D eigenvalue weighted by Crippen LogP contribution is -2.22. The van der Waals surface area contributed by atoms with Crippen LogP contribution in [-0.2, 0) is 6.54 Å². The van der Waals surface area contributed by atoms with E-state index in [4.69, 9.17) is 15.2 Å². The van der Waals surface area contributed by atoms with E-state index in [-0.39, 0.29) is 0 Å². The van der Waals surface area contributed by atoms with Gasteiger partial charge in [0, 0.05) is 31.5 Å². The Morgan fingerprint density at radius 3 is 2.29 bits per heavy atom. The Bertz CT molecular complexity index is 697. The van der Waals surface area contributed by atoms with E-state index in [2.05, 4.69) is 27.3 Å². The normalized spacial score (nSPS) is 11.1. The third kappa shape index (κ3) is 4.55. The van der Waals surface area contributed by atoms with Gasteiger partial charge in [0.15, 0.2) is 17.5 Å². The number of guanidine groups is 1. The lowest BCUT2D eigenvalue weighted by molar-refractivity contribution is 0.355. The van der Waals surface area contributed by atoms with Crippen molar-refractivity contribution in [2.24, 2.45) is 10.7 Å². The molecule has 0 heterocycles. The smallest absolute Gasteiger partial charge is 0.193 e. The molecule has 0 unspecified atom stereocenters. The molecule has 0 aliphatic carbocycles. The zero-order chi connectivity index (χ0) is 17.5. The topological polar surface area (TPSA) is 72.1 Å². The Balaban J connectivity index is 2.01. The lowest BCUT2D eigenvalue weighted by Gasteiger charge is -2.12.